The van der Waals surface area contributed by atoms with E-state index < -0.39 is 5.97 Å². The van der Waals surface area contributed by atoms with E-state index in [0.29, 0.717) is 5.56 Å². The maximum Gasteiger partial charge on any atom is 0.351 e. The van der Waals surface area contributed by atoms with Crippen LogP contribution in [0.4, 0.5) is 0 Å². The first kappa shape index (κ1) is 9.15. The maximum atomic E-state index is 11.1. The van der Waals surface area contributed by atoms with Crippen molar-refractivity contribution in [3.63, 3.8) is 0 Å². The van der Waals surface area contributed by atoms with Gasteiger partial charge in [0, 0.05) is 11.6 Å². The van der Waals surface area contributed by atoms with Crippen LogP contribution in [0.3, 0.4) is 0 Å². The van der Waals surface area contributed by atoms with Crippen molar-refractivity contribution < 1.29 is 8.62 Å². The summed E-state index contributed by atoms with van der Waals surface area (Å²) >= 11 is 2.64. The zero-order valence-corrected chi connectivity index (χ0v) is 8.69. The lowest BCUT2D eigenvalue weighted by Crippen LogP contribution is -1.98. The molecule has 14 heavy (non-hydrogen) atoms. The highest BCUT2D eigenvalue weighted by atomic mass is 79.9. The maximum absolute atomic E-state index is 11.1. The second kappa shape index (κ2) is 3.75. The summed E-state index contributed by atoms with van der Waals surface area (Å²) in [5.74, 6) is -0.441. The number of carbonyl (C=O) groups is 1. The highest BCUT2D eigenvalue weighted by Gasteiger charge is 2.06. The summed E-state index contributed by atoms with van der Waals surface area (Å²) in [4.78, 5) is 15.3. The number of fused-ring (bicyclic) bond motifs is 1. The second-order valence-corrected chi connectivity index (χ2v) is 3.11. The molecule has 1 aromatic heterocycles. The molecule has 4 heteroatoms. The molecule has 0 bridgehead atoms. The van der Waals surface area contributed by atoms with Crippen LogP contribution in [0.5, 0.6) is 0 Å². The number of hydrogen-bond donors (Lipinski definition) is 0. The van der Waals surface area contributed by atoms with E-state index in [1.54, 1.807) is 6.07 Å². The molecule has 1 heterocycles. The minimum atomic E-state index is -0.441. The number of para-hydroxylation sites is 1. The van der Waals surface area contributed by atoms with Crippen molar-refractivity contribution in [2.75, 3.05) is 0 Å². The molecule has 2 aromatic rings. The molecule has 0 radical (unpaired) electrons. The van der Waals surface area contributed by atoms with Crippen molar-refractivity contribution in [2.24, 2.45) is 0 Å². The van der Waals surface area contributed by atoms with Gasteiger partial charge in [-0.05, 0) is 12.1 Å². The zero-order chi connectivity index (χ0) is 9.97. The normalized spacial score (nSPS) is 10.1. The molecule has 3 nitrogen and oxygen atoms in total. The summed E-state index contributed by atoms with van der Waals surface area (Å²) < 4.78 is 4.42. The Hall–Kier alpha value is -1.42. The van der Waals surface area contributed by atoms with Gasteiger partial charge in [-0.1, -0.05) is 18.2 Å². The molecular weight excluding hydrogens is 246 g/mol. The molecule has 0 saturated carbocycles. The number of benzene rings is 1. The van der Waals surface area contributed by atoms with Crippen LogP contribution in [0.15, 0.2) is 36.5 Å². The van der Waals surface area contributed by atoms with Gasteiger partial charge in [0.05, 0.1) is 11.1 Å². The van der Waals surface area contributed by atoms with Crippen LogP contribution in [-0.2, 0) is 3.83 Å². The van der Waals surface area contributed by atoms with E-state index in [1.165, 1.54) is 6.20 Å². The summed E-state index contributed by atoms with van der Waals surface area (Å²) in [5, 5.41) is 0.919. The Balaban J connectivity index is 2.56. The molecule has 1 aromatic carbocycles. The van der Waals surface area contributed by atoms with Crippen molar-refractivity contribution >= 4 is 33.1 Å². The molecule has 0 aliphatic heterocycles. The van der Waals surface area contributed by atoms with Crippen LogP contribution in [0.25, 0.3) is 10.9 Å². The lowest BCUT2D eigenvalue weighted by Gasteiger charge is -1.99. The fourth-order valence-electron chi connectivity index (χ4n) is 1.23. The van der Waals surface area contributed by atoms with Gasteiger partial charge < -0.3 is 3.83 Å². The summed E-state index contributed by atoms with van der Waals surface area (Å²) in [5.41, 5.74) is 1.29. The molecule has 0 N–H and O–H groups in total. The third kappa shape index (κ3) is 1.61. The van der Waals surface area contributed by atoms with E-state index in [1.807, 2.05) is 24.3 Å². The number of carbonyl (C=O) groups excluding carboxylic acids is 1. The van der Waals surface area contributed by atoms with E-state index >= 15 is 0 Å². The molecular formula is C10H6BrNO2. The van der Waals surface area contributed by atoms with Crippen molar-refractivity contribution in [3.8, 4) is 0 Å². The fourth-order valence-corrected chi connectivity index (χ4v) is 1.41. The first-order valence-electron chi connectivity index (χ1n) is 3.99. The monoisotopic (exact) mass is 251 g/mol. The lowest BCUT2D eigenvalue weighted by molar-refractivity contribution is 0.0781. The molecule has 0 atom stereocenters. The predicted molar refractivity (Wildman–Crippen MR) is 56.1 cm³/mol. The predicted octanol–water partition coefficient (Wildman–Crippen LogP) is 2.70. The average Bonchev–Trinajstić information content (AvgIpc) is 2.27. The highest BCUT2D eigenvalue weighted by Crippen LogP contribution is 2.13. The fraction of sp³-hybridized carbons (Fsp3) is 0. The van der Waals surface area contributed by atoms with Gasteiger partial charge >= 0.3 is 5.97 Å². The van der Waals surface area contributed by atoms with E-state index in [0.717, 1.165) is 10.9 Å². The first-order valence-corrected chi connectivity index (χ1v) is 4.64. The molecule has 0 spiro atoms. The summed E-state index contributed by atoms with van der Waals surface area (Å²) in [6, 6.07) is 9.32. The van der Waals surface area contributed by atoms with Crippen molar-refractivity contribution in [1.29, 1.82) is 0 Å². The Morgan fingerprint density at radius 1 is 1.36 bits per heavy atom. The standard InChI is InChI=1S/C10H6BrNO2/c11-14-10(13)8-5-7-3-1-2-4-9(7)12-6-8/h1-6H. The summed E-state index contributed by atoms with van der Waals surface area (Å²) in [6.45, 7) is 0. The van der Waals surface area contributed by atoms with Gasteiger partial charge in [-0.15, -0.1) is 0 Å². The quantitative estimate of drug-likeness (QED) is 0.783. The lowest BCUT2D eigenvalue weighted by atomic mass is 10.2. The number of pyridine rings is 1. The van der Waals surface area contributed by atoms with Crippen LogP contribution in [0, 0.1) is 0 Å². The van der Waals surface area contributed by atoms with Crippen molar-refractivity contribution in [2.45, 2.75) is 0 Å². The zero-order valence-electron chi connectivity index (χ0n) is 7.11. The molecule has 70 valence electrons. The van der Waals surface area contributed by atoms with Crippen LogP contribution in [0.1, 0.15) is 10.4 Å². The molecule has 0 unspecified atom stereocenters. The van der Waals surface area contributed by atoms with E-state index in [-0.39, 0.29) is 0 Å². The second-order valence-electron chi connectivity index (χ2n) is 2.78. The smallest absolute Gasteiger partial charge is 0.351 e. The Kier molecular flexibility index (Phi) is 2.45. The van der Waals surface area contributed by atoms with E-state index in [9.17, 15) is 4.79 Å². The topological polar surface area (TPSA) is 39.2 Å². The van der Waals surface area contributed by atoms with Crippen LogP contribution in [0.2, 0.25) is 0 Å². The molecule has 0 aliphatic rings. The molecule has 0 amide bonds. The van der Waals surface area contributed by atoms with Crippen molar-refractivity contribution in [1.82, 2.24) is 4.98 Å². The number of nitrogens with zero attached hydrogens (tertiary/aromatic N) is 1. The van der Waals surface area contributed by atoms with Crippen molar-refractivity contribution in [3.05, 3.63) is 42.1 Å². The molecule has 0 saturated heterocycles. The SMILES string of the molecule is O=C(OBr)c1cnc2ccccc2c1. The van der Waals surface area contributed by atoms with Crippen LogP contribution >= 0.6 is 16.3 Å². The highest BCUT2D eigenvalue weighted by molar-refractivity contribution is 9.06. The minimum absolute atomic E-state index is 0.431. The molecule has 0 fully saturated rings. The van der Waals surface area contributed by atoms with Gasteiger partial charge in [0.25, 0.3) is 0 Å². The van der Waals surface area contributed by atoms with Gasteiger partial charge in [0.2, 0.25) is 0 Å². The number of aromatic nitrogens is 1. The van der Waals surface area contributed by atoms with E-state index in [4.69, 9.17) is 0 Å². The number of rotatable bonds is 1. The molecule has 0 aliphatic carbocycles. The Morgan fingerprint density at radius 2 is 2.14 bits per heavy atom. The third-order valence-corrected chi connectivity index (χ3v) is 2.19. The van der Waals surface area contributed by atoms with Gasteiger partial charge in [-0.3, -0.25) is 4.98 Å². The average molecular weight is 252 g/mol. The minimum Gasteiger partial charge on any atom is -0.380 e. The molecule has 2 rings (SSSR count). The van der Waals surface area contributed by atoms with Crippen LogP contribution in [-0.4, -0.2) is 11.0 Å². The van der Waals surface area contributed by atoms with E-state index in [2.05, 4.69) is 25.1 Å². The largest absolute Gasteiger partial charge is 0.380 e. The van der Waals surface area contributed by atoms with Gasteiger partial charge in [0.1, 0.15) is 0 Å². The number of halogens is 1. The third-order valence-electron chi connectivity index (χ3n) is 1.90. The Morgan fingerprint density at radius 3 is 2.93 bits per heavy atom. The van der Waals surface area contributed by atoms with Gasteiger partial charge in [-0.2, -0.15) is 0 Å². The Bertz CT molecular complexity index is 484. The summed E-state index contributed by atoms with van der Waals surface area (Å²) in [7, 11) is 0. The Labute approximate surface area is 89.2 Å². The first-order chi connectivity index (χ1) is 6.81. The van der Waals surface area contributed by atoms with Gasteiger partial charge in [-0.25, -0.2) is 4.79 Å². The van der Waals surface area contributed by atoms with Gasteiger partial charge in [0.15, 0.2) is 16.3 Å². The summed E-state index contributed by atoms with van der Waals surface area (Å²) in [6.07, 6.45) is 1.49. The van der Waals surface area contributed by atoms with Crippen LogP contribution < -0.4 is 0 Å². The number of hydrogen-bond acceptors (Lipinski definition) is 3.